The highest BCUT2D eigenvalue weighted by Gasteiger charge is 2.22. The summed E-state index contributed by atoms with van der Waals surface area (Å²) in [6, 6.07) is 17.5. The van der Waals surface area contributed by atoms with Crippen molar-refractivity contribution >= 4 is 38.5 Å². The van der Waals surface area contributed by atoms with E-state index in [0.717, 1.165) is 0 Å². The molecular formula is C24H21N3O6S. The Morgan fingerprint density at radius 3 is 2.41 bits per heavy atom. The van der Waals surface area contributed by atoms with E-state index in [1.165, 1.54) is 31.2 Å². The maximum atomic E-state index is 13.0. The fraction of sp³-hybridized carbons (Fsp3) is 0.125. The van der Waals surface area contributed by atoms with Crippen LogP contribution in [0.15, 0.2) is 76.0 Å². The number of para-hydroxylation sites is 1. The molecule has 9 nitrogen and oxygen atoms in total. The van der Waals surface area contributed by atoms with E-state index in [1.54, 1.807) is 42.5 Å². The topological polar surface area (TPSA) is 142 Å². The van der Waals surface area contributed by atoms with Crippen molar-refractivity contribution in [1.82, 2.24) is 4.98 Å². The second-order valence-corrected chi connectivity index (χ2v) is 9.15. The minimum absolute atomic E-state index is 0.0860. The number of amides is 1. The summed E-state index contributed by atoms with van der Waals surface area (Å²) in [6.45, 7) is 3.24. The van der Waals surface area contributed by atoms with Crippen molar-refractivity contribution in [3.63, 3.8) is 0 Å². The summed E-state index contributed by atoms with van der Waals surface area (Å²) in [5.74, 6) is -0.0743. The molecule has 1 amide bonds. The Morgan fingerprint density at radius 1 is 1.06 bits per heavy atom. The van der Waals surface area contributed by atoms with Gasteiger partial charge in [-0.2, -0.15) is 0 Å². The number of anilines is 1. The summed E-state index contributed by atoms with van der Waals surface area (Å²) in [5.41, 5.74) is 1.61. The minimum Gasteiger partial charge on any atom is -0.460 e. The highest BCUT2D eigenvalue weighted by atomic mass is 32.2. The number of nitrogens with zero attached hydrogens (tertiary/aromatic N) is 1. The lowest BCUT2D eigenvalue weighted by molar-refractivity contribution is -0.123. The van der Waals surface area contributed by atoms with E-state index >= 15 is 0 Å². The maximum absolute atomic E-state index is 13.0. The van der Waals surface area contributed by atoms with Gasteiger partial charge in [-0.3, -0.25) is 4.79 Å². The molecule has 0 radical (unpaired) electrons. The summed E-state index contributed by atoms with van der Waals surface area (Å²) >= 11 is 0. The van der Waals surface area contributed by atoms with Crippen LogP contribution >= 0.6 is 0 Å². The standard InChI is InChI=1S/C24H21N3O6S/c1-14-7-12-22(32-14)21-13-19(18-5-3-4-6-20(18)27-21)24(29)33-15(2)23(28)26-16-8-10-17(11-9-16)34(25,30)31/h3-13,15H,1-2H3,(H,26,28)(H2,25,30,31). The molecule has 0 aliphatic rings. The summed E-state index contributed by atoms with van der Waals surface area (Å²) in [5, 5.41) is 8.22. The van der Waals surface area contributed by atoms with Crippen LogP contribution in [0.3, 0.4) is 0 Å². The van der Waals surface area contributed by atoms with Crippen LogP contribution in [0, 0.1) is 6.92 Å². The summed E-state index contributed by atoms with van der Waals surface area (Å²) in [4.78, 5) is 30.1. The molecule has 2 heterocycles. The van der Waals surface area contributed by atoms with Gasteiger partial charge in [-0.15, -0.1) is 0 Å². The van der Waals surface area contributed by atoms with Gasteiger partial charge in [-0.1, -0.05) is 18.2 Å². The SMILES string of the molecule is Cc1ccc(-c2cc(C(=O)OC(C)C(=O)Nc3ccc(S(N)(=O)=O)cc3)c3ccccc3n2)o1. The summed E-state index contributed by atoms with van der Waals surface area (Å²) in [6.07, 6.45) is -1.13. The second kappa shape index (κ2) is 9.08. The van der Waals surface area contributed by atoms with E-state index in [1.807, 2.05) is 6.92 Å². The zero-order valence-corrected chi connectivity index (χ0v) is 19.1. The molecule has 0 aliphatic carbocycles. The molecule has 174 valence electrons. The van der Waals surface area contributed by atoms with E-state index < -0.39 is 28.0 Å². The lowest BCUT2D eigenvalue weighted by atomic mass is 10.1. The van der Waals surface area contributed by atoms with Gasteiger partial charge in [0, 0.05) is 11.1 Å². The number of esters is 1. The number of nitrogens with two attached hydrogens (primary N) is 1. The van der Waals surface area contributed by atoms with Crippen molar-refractivity contribution < 1.29 is 27.2 Å². The average Bonchev–Trinajstić information content (AvgIpc) is 3.24. The van der Waals surface area contributed by atoms with Crippen LogP contribution in [0.2, 0.25) is 0 Å². The van der Waals surface area contributed by atoms with Crippen LogP contribution in [-0.2, 0) is 19.6 Å². The zero-order valence-electron chi connectivity index (χ0n) is 18.3. The highest BCUT2D eigenvalue weighted by molar-refractivity contribution is 7.89. The Kier molecular flexibility index (Phi) is 6.18. The third kappa shape index (κ3) is 4.98. The maximum Gasteiger partial charge on any atom is 0.339 e. The summed E-state index contributed by atoms with van der Waals surface area (Å²) in [7, 11) is -3.85. The van der Waals surface area contributed by atoms with Crippen molar-refractivity contribution in [2.45, 2.75) is 24.8 Å². The van der Waals surface area contributed by atoms with Gasteiger partial charge >= 0.3 is 5.97 Å². The third-order valence-corrected chi connectivity index (χ3v) is 5.96. The normalized spacial score (nSPS) is 12.3. The lowest BCUT2D eigenvalue weighted by Gasteiger charge is -2.15. The Morgan fingerprint density at radius 2 is 1.76 bits per heavy atom. The quantitative estimate of drug-likeness (QED) is 0.402. The number of ether oxygens (including phenoxy) is 1. The van der Waals surface area contributed by atoms with Crippen molar-refractivity contribution in [2.24, 2.45) is 5.14 Å². The van der Waals surface area contributed by atoms with E-state index in [0.29, 0.717) is 33.8 Å². The largest absolute Gasteiger partial charge is 0.460 e. The number of aromatic nitrogens is 1. The minimum atomic E-state index is -3.85. The Hall–Kier alpha value is -4.02. The third-order valence-electron chi connectivity index (χ3n) is 5.03. The average molecular weight is 480 g/mol. The van der Waals surface area contributed by atoms with E-state index in [2.05, 4.69) is 10.3 Å². The number of carbonyl (C=O) groups excluding carboxylic acids is 2. The first-order valence-corrected chi connectivity index (χ1v) is 11.8. The van der Waals surface area contributed by atoms with Gasteiger partial charge in [0.25, 0.3) is 5.91 Å². The number of aryl methyl sites for hydroxylation is 1. The molecule has 10 heteroatoms. The number of nitrogens with one attached hydrogen (secondary N) is 1. The first-order valence-electron chi connectivity index (χ1n) is 10.2. The molecule has 0 aliphatic heterocycles. The number of hydrogen-bond acceptors (Lipinski definition) is 7. The van der Waals surface area contributed by atoms with Gasteiger partial charge in [-0.05, 0) is 62.4 Å². The van der Waals surface area contributed by atoms with Crippen molar-refractivity contribution in [2.75, 3.05) is 5.32 Å². The molecule has 3 N–H and O–H groups in total. The van der Waals surface area contributed by atoms with Crippen LogP contribution in [0.4, 0.5) is 5.69 Å². The molecular weight excluding hydrogens is 458 g/mol. The van der Waals surface area contributed by atoms with Crippen molar-refractivity contribution in [3.05, 3.63) is 78.1 Å². The molecule has 0 saturated heterocycles. The number of pyridine rings is 1. The van der Waals surface area contributed by atoms with Crippen molar-refractivity contribution in [3.8, 4) is 11.5 Å². The van der Waals surface area contributed by atoms with E-state index in [-0.39, 0.29) is 10.5 Å². The van der Waals surface area contributed by atoms with Crippen LogP contribution in [0.25, 0.3) is 22.4 Å². The second-order valence-electron chi connectivity index (χ2n) is 7.59. The molecule has 2 aromatic carbocycles. The first kappa shape index (κ1) is 23.1. The molecule has 0 bridgehead atoms. The molecule has 34 heavy (non-hydrogen) atoms. The van der Waals surface area contributed by atoms with Gasteiger partial charge in [0.1, 0.15) is 11.5 Å². The molecule has 2 aromatic heterocycles. The molecule has 4 rings (SSSR count). The van der Waals surface area contributed by atoms with E-state index in [4.69, 9.17) is 14.3 Å². The molecule has 0 spiro atoms. The first-order chi connectivity index (χ1) is 16.1. The monoisotopic (exact) mass is 479 g/mol. The number of fused-ring (bicyclic) bond motifs is 1. The highest BCUT2D eigenvalue weighted by Crippen LogP contribution is 2.27. The smallest absolute Gasteiger partial charge is 0.339 e. The zero-order chi connectivity index (χ0) is 24.5. The summed E-state index contributed by atoms with van der Waals surface area (Å²) < 4.78 is 33.8. The number of sulfonamides is 1. The molecule has 0 fully saturated rings. The van der Waals surface area contributed by atoms with Gasteiger partial charge < -0.3 is 14.5 Å². The van der Waals surface area contributed by atoms with E-state index in [9.17, 15) is 18.0 Å². The van der Waals surface area contributed by atoms with Gasteiger partial charge in [0.15, 0.2) is 11.9 Å². The number of furan rings is 1. The van der Waals surface area contributed by atoms with Crippen molar-refractivity contribution in [1.29, 1.82) is 0 Å². The number of rotatable bonds is 6. The van der Waals surface area contributed by atoms with Crippen LogP contribution < -0.4 is 10.5 Å². The molecule has 0 saturated carbocycles. The fourth-order valence-corrected chi connectivity index (χ4v) is 3.81. The van der Waals surface area contributed by atoms with Gasteiger partial charge in [0.05, 0.1) is 16.0 Å². The van der Waals surface area contributed by atoms with Gasteiger partial charge in [-0.25, -0.2) is 23.3 Å². The predicted octanol–water partition coefficient (Wildman–Crippen LogP) is 3.63. The molecule has 4 aromatic rings. The number of carbonyl (C=O) groups is 2. The lowest BCUT2D eigenvalue weighted by Crippen LogP contribution is -2.30. The van der Waals surface area contributed by atoms with Crippen LogP contribution in [-0.4, -0.2) is 31.4 Å². The molecule has 1 atom stereocenters. The Labute approximate surface area is 195 Å². The number of hydrogen-bond donors (Lipinski definition) is 2. The number of benzene rings is 2. The van der Waals surface area contributed by atoms with Crippen LogP contribution in [0.5, 0.6) is 0 Å². The van der Waals surface area contributed by atoms with Gasteiger partial charge in [0.2, 0.25) is 10.0 Å². The number of primary sulfonamides is 1. The molecule has 1 unspecified atom stereocenters. The fourth-order valence-electron chi connectivity index (χ4n) is 3.29. The Bertz CT molecular complexity index is 1490. The predicted molar refractivity (Wildman–Crippen MR) is 126 cm³/mol. The Balaban J connectivity index is 1.54. The van der Waals surface area contributed by atoms with Crippen LogP contribution in [0.1, 0.15) is 23.0 Å².